The zero-order chi connectivity index (χ0) is 36.8. The molecule has 0 saturated carbocycles. The number of rotatable bonds is 4. The number of hydrogen-bond acceptors (Lipinski definition) is 9. The Morgan fingerprint density at radius 1 is 0.981 bits per heavy atom. The Morgan fingerprint density at radius 2 is 1.64 bits per heavy atom. The number of imide groups is 2. The van der Waals surface area contributed by atoms with Crippen LogP contribution in [0.25, 0.3) is 0 Å². The van der Waals surface area contributed by atoms with E-state index in [4.69, 9.17) is 28.5 Å². The van der Waals surface area contributed by atoms with Crippen LogP contribution in [-0.4, -0.2) is 100 Å². The van der Waals surface area contributed by atoms with Gasteiger partial charge in [0.05, 0.1) is 29.4 Å². The first-order valence-corrected chi connectivity index (χ1v) is 16.3. The molecule has 0 aliphatic carbocycles. The number of nitriles is 1. The molecule has 4 saturated heterocycles. The lowest BCUT2D eigenvalue weighted by Crippen LogP contribution is -2.53. The molecule has 4 heterocycles. The molecule has 4 aliphatic rings. The van der Waals surface area contributed by atoms with Gasteiger partial charge in [-0.25, -0.2) is 19.3 Å². The van der Waals surface area contributed by atoms with E-state index in [9.17, 15) is 39.0 Å². The number of hydrogen-bond donors (Lipinski definition) is 5. The van der Waals surface area contributed by atoms with Crippen LogP contribution < -0.4 is 20.9 Å². The van der Waals surface area contributed by atoms with E-state index in [2.05, 4.69) is 16.0 Å². The summed E-state index contributed by atoms with van der Waals surface area (Å²) in [4.78, 5) is 78.4. The quantitative estimate of drug-likeness (QED) is 0.241. The summed E-state index contributed by atoms with van der Waals surface area (Å²) in [6.07, 6.45) is 0.586. The van der Waals surface area contributed by atoms with Gasteiger partial charge in [-0.15, -0.1) is 24.8 Å². The highest BCUT2D eigenvalue weighted by Gasteiger charge is 2.62. The molecule has 3 aromatic rings. The van der Waals surface area contributed by atoms with E-state index < -0.39 is 58.2 Å². The van der Waals surface area contributed by atoms with Crippen molar-refractivity contribution in [2.75, 3.05) is 38.1 Å². The number of aromatic hydroxyl groups is 1. The number of carboxylic acids is 1. The molecule has 3 aromatic carbocycles. The maximum Gasteiger partial charge on any atom is 0.340 e. The molecule has 3 atom stereocenters. The lowest BCUT2D eigenvalue weighted by Gasteiger charge is -2.33. The lowest BCUT2D eigenvalue weighted by atomic mass is 9.81. The number of halogens is 4. The average Bonchev–Trinajstić information content (AvgIpc) is 3.83. The van der Waals surface area contributed by atoms with Gasteiger partial charge >= 0.3 is 18.0 Å². The van der Waals surface area contributed by atoms with Gasteiger partial charge in [-0.1, -0.05) is 41.4 Å². The minimum Gasteiger partial charge on any atom is -0.507 e. The van der Waals surface area contributed by atoms with Crippen LogP contribution >= 0.6 is 48.0 Å². The molecular formula is C34H31Cl4N7O8. The molecule has 0 bridgehead atoms. The third kappa shape index (κ3) is 7.04. The molecule has 278 valence electrons. The van der Waals surface area contributed by atoms with E-state index in [1.54, 1.807) is 42.5 Å². The van der Waals surface area contributed by atoms with Crippen LogP contribution in [0.4, 0.5) is 15.3 Å². The van der Waals surface area contributed by atoms with E-state index in [0.29, 0.717) is 46.4 Å². The summed E-state index contributed by atoms with van der Waals surface area (Å²) in [5.41, 5.74) is -1.53. The van der Waals surface area contributed by atoms with Crippen LogP contribution in [0.1, 0.15) is 44.2 Å². The molecular weight excluding hydrogens is 776 g/mol. The van der Waals surface area contributed by atoms with Crippen molar-refractivity contribution >= 4 is 89.5 Å². The molecule has 0 unspecified atom stereocenters. The highest BCUT2D eigenvalue weighted by Crippen LogP contribution is 2.43. The third-order valence-electron chi connectivity index (χ3n) is 9.57. The number of carbonyl (C=O) groups is 6. The normalized spacial score (nSPS) is 22.8. The fourth-order valence-corrected chi connectivity index (χ4v) is 7.49. The second kappa shape index (κ2) is 15.5. The number of amides is 7. The number of benzene rings is 3. The van der Waals surface area contributed by atoms with Gasteiger partial charge < -0.3 is 30.6 Å². The fraction of sp³-hybridized carbons (Fsp3) is 0.265. The summed E-state index contributed by atoms with van der Waals surface area (Å²) >= 11 is 11.8. The van der Waals surface area contributed by atoms with Crippen LogP contribution in [0.15, 0.2) is 60.7 Å². The Labute approximate surface area is 324 Å². The van der Waals surface area contributed by atoms with E-state index in [0.717, 1.165) is 4.90 Å². The number of carboxylic acid groups (broad SMARTS) is 1. The fourth-order valence-electron chi connectivity index (χ4n) is 6.97. The van der Waals surface area contributed by atoms with E-state index >= 15 is 0 Å². The second-order valence-corrected chi connectivity index (χ2v) is 13.3. The standard InChI is InChI=1S/C22H18N4O6.C12H11Cl2N3O2.2ClH/c1-25-21(32)24-20(31)22(25)11-26(10-15(22)13-7-5-12(9-23)6-8-13)18(28)14-3-2-4-16(27)17(14)19(29)30;13-7-3-8(14)5-9(4-7)17-10(18)12(16-11(17)19)1-2-15-6-12;;/h2-8,15,27H,10-11H2,1H3,(H,29,30)(H,24,31,32);3-5,15H,1-2,6H2,(H,16,19);2*1H/t15-,22+;12-;;/m00../s1. The highest BCUT2D eigenvalue weighted by molar-refractivity contribution is 6.35. The maximum atomic E-state index is 13.3. The number of likely N-dealkylation sites (N-methyl/N-ethyl adjacent to an activating group) is 1. The zero-order valence-corrected chi connectivity index (χ0v) is 30.7. The molecule has 7 rings (SSSR count). The second-order valence-electron chi connectivity index (χ2n) is 12.4. The molecule has 19 heteroatoms. The molecule has 5 N–H and O–H groups in total. The van der Waals surface area contributed by atoms with Crippen molar-refractivity contribution in [2.24, 2.45) is 0 Å². The van der Waals surface area contributed by atoms with Crippen molar-refractivity contribution < 1.29 is 39.0 Å². The number of nitrogens with one attached hydrogen (secondary N) is 3. The Morgan fingerprint density at radius 3 is 2.19 bits per heavy atom. The third-order valence-corrected chi connectivity index (χ3v) is 10.0. The molecule has 4 fully saturated rings. The number of nitrogens with zero attached hydrogens (tertiary/aromatic N) is 4. The van der Waals surface area contributed by atoms with Gasteiger partial charge in [0.2, 0.25) is 0 Å². The zero-order valence-electron chi connectivity index (χ0n) is 27.6. The van der Waals surface area contributed by atoms with Gasteiger partial charge in [0.1, 0.15) is 22.4 Å². The summed E-state index contributed by atoms with van der Waals surface area (Å²) in [7, 11) is 1.46. The van der Waals surface area contributed by atoms with Crippen LogP contribution in [-0.2, 0) is 9.59 Å². The minimum absolute atomic E-state index is 0. The van der Waals surface area contributed by atoms with E-state index in [1.165, 1.54) is 35.0 Å². The predicted octanol–water partition coefficient (Wildman–Crippen LogP) is 3.75. The van der Waals surface area contributed by atoms with Crippen molar-refractivity contribution in [1.29, 1.82) is 5.26 Å². The van der Waals surface area contributed by atoms with Gasteiger partial charge in [-0.05, 0) is 61.0 Å². The smallest absolute Gasteiger partial charge is 0.340 e. The lowest BCUT2D eigenvalue weighted by molar-refractivity contribution is -0.126. The monoisotopic (exact) mass is 805 g/mol. The van der Waals surface area contributed by atoms with Crippen molar-refractivity contribution in [3.8, 4) is 11.8 Å². The largest absolute Gasteiger partial charge is 0.507 e. The topological polar surface area (TPSA) is 212 Å². The van der Waals surface area contributed by atoms with Gasteiger partial charge in [0.25, 0.3) is 17.7 Å². The van der Waals surface area contributed by atoms with Crippen molar-refractivity contribution in [3.63, 3.8) is 0 Å². The van der Waals surface area contributed by atoms with Crippen LogP contribution in [0.2, 0.25) is 10.0 Å². The van der Waals surface area contributed by atoms with Crippen molar-refractivity contribution in [3.05, 3.63) is 93.0 Å². The minimum atomic E-state index is -1.46. The average molecular weight is 807 g/mol. The van der Waals surface area contributed by atoms with Crippen LogP contribution in [0.5, 0.6) is 5.75 Å². The molecule has 2 spiro atoms. The number of anilines is 1. The van der Waals surface area contributed by atoms with Crippen LogP contribution in [0, 0.1) is 11.3 Å². The Balaban J connectivity index is 0.000000256. The number of aromatic carboxylic acids is 1. The molecule has 15 nitrogen and oxygen atoms in total. The predicted molar refractivity (Wildman–Crippen MR) is 196 cm³/mol. The number of urea groups is 2. The first-order chi connectivity index (χ1) is 24.2. The molecule has 7 amide bonds. The number of phenols is 1. The summed E-state index contributed by atoms with van der Waals surface area (Å²) in [6.45, 7) is 1.00. The van der Waals surface area contributed by atoms with E-state index in [1.807, 2.05) is 6.07 Å². The summed E-state index contributed by atoms with van der Waals surface area (Å²) in [5, 5.41) is 37.4. The molecule has 0 radical (unpaired) electrons. The number of likely N-dealkylation sites (tertiary alicyclic amines) is 1. The summed E-state index contributed by atoms with van der Waals surface area (Å²) in [5.74, 6) is -4.15. The van der Waals surface area contributed by atoms with Crippen molar-refractivity contribution in [2.45, 2.75) is 23.4 Å². The summed E-state index contributed by atoms with van der Waals surface area (Å²) < 4.78 is 0. The number of carbonyl (C=O) groups excluding carboxylic acids is 5. The molecule has 53 heavy (non-hydrogen) atoms. The van der Waals surface area contributed by atoms with E-state index in [-0.39, 0.29) is 49.4 Å². The van der Waals surface area contributed by atoms with Gasteiger partial charge in [0.15, 0.2) is 0 Å². The molecule has 0 aromatic heterocycles. The Kier molecular flexibility index (Phi) is 11.9. The van der Waals surface area contributed by atoms with Gasteiger partial charge in [0, 0.05) is 36.1 Å². The highest BCUT2D eigenvalue weighted by atomic mass is 35.5. The Hall–Kier alpha value is -5.11. The van der Waals surface area contributed by atoms with Crippen LogP contribution in [0.3, 0.4) is 0 Å². The van der Waals surface area contributed by atoms with Gasteiger partial charge in [-0.2, -0.15) is 5.26 Å². The SMILES string of the molecule is CN1C(=O)NC(=O)[C@]12CN(C(=O)c1cccc(O)c1C(=O)O)C[C@H]2c1ccc(C#N)cc1.Cl.Cl.O=C1N[C@]2(CCNC2)C(=O)N1c1cc(Cl)cc(Cl)c1. The first-order valence-electron chi connectivity index (χ1n) is 15.5. The molecule has 4 aliphatic heterocycles. The van der Waals surface area contributed by atoms with Crippen molar-refractivity contribution in [1.82, 2.24) is 25.8 Å². The van der Waals surface area contributed by atoms with Gasteiger partial charge in [-0.3, -0.25) is 19.7 Å². The summed E-state index contributed by atoms with van der Waals surface area (Å²) in [6, 6.07) is 15.9. The maximum absolute atomic E-state index is 13.3. The Bertz CT molecular complexity index is 2030. The first kappa shape index (κ1) is 40.7.